The van der Waals surface area contributed by atoms with Crippen molar-refractivity contribution < 1.29 is 31.5 Å². The van der Waals surface area contributed by atoms with Crippen LogP contribution in [0.5, 0.6) is 0 Å². The number of halogens is 5. The molecule has 134 valence electrons. The monoisotopic (exact) mass is 354 g/mol. The molecule has 0 aliphatic carbocycles. The van der Waals surface area contributed by atoms with Crippen molar-refractivity contribution in [1.82, 2.24) is 15.1 Å². The molecule has 0 radical (unpaired) electrons. The summed E-state index contributed by atoms with van der Waals surface area (Å²) in [5, 5.41) is 5.95. The van der Waals surface area contributed by atoms with E-state index in [2.05, 4.69) is 10.4 Å². The van der Waals surface area contributed by atoms with Gasteiger partial charge in [0, 0.05) is 19.2 Å². The summed E-state index contributed by atoms with van der Waals surface area (Å²) in [7, 11) is 0. The Kier molecular flexibility index (Phi) is 3.93. The molecule has 1 aromatic heterocycles. The smallest absolute Gasteiger partial charge is 0.377 e. The normalized spacial score (nSPS) is 25.4. The second-order valence-corrected chi connectivity index (χ2v) is 5.80. The van der Waals surface area contributed by atoms with Crippen molar-refractivity contribution in [3.05, 3.63) is 11.8 Å². The lowest BCUT2D eigenvalue weighted by atomic mass is 10.1. The predicted octanol–water partition coefficient (Wildman–Crippen LogP) is 1.59. The quantitative estimate of drug-likeness (QED) is 0.820. The van der Waals surface area contributed by atoms with E-state index in [1.807, 2.05) is 0 Å². The number of nitrogens with one attached hydrogen (secondary N) is 1. The fraction of sp³-hybridized carbons (Fsp3) is 0.692. The fourth-order valence-corrected chi connectivity index (χ4v) is 2.83. The summed E-state index contributed by atoms with van der Waals surface area (Å²) in [4.78, 5) is 13.6. The van der Waals surface area contributed by atoms with Gasteiger partial charge in [-0.05, 0) is 6.92 Å². The molecule has 1 N–H and O–H groups in total. The molecule has 0 bridgehead atoms. The second kappa shape index (κ2) is 5.57. The van der Waals surface area contributed by atoms with Crippen molar-refractivity contribution in [2.45, 2.75) is 31.1 Å². The van der Waals surface area contributed by atoms with Crippen molar-refractivity contribution in [2.24, 2.45) is 0 Å². The largest absolute Gasteiger partial charge is 0.455 e. The predicted molar refractivity (Wildman–Crippen MR) is 72.2 cm³/mol. The van der Waals surface area contributed by atoms with Crippen molar-refractivity contribution >= 4 is 11.7 Å². The summed E-state index contributed by atoms with van der Waals surface area (Å²) in [6.45, 7) is 2.11. The molecular formula is C13H15F5N4O2. The van der Waals surface area contributed by atoms with Crippen LogP contribution in [0.2, 0.25) is 0 Å². The number of nitrogens with zero attached hydrogens (tertiary/aromatic N) is 3. The van der Waals surface area contributed by atoms with E-state index in [0.29, 0.717) is 24.4 Å². The third-order valence-electron chi connectivity index (χ3n) is 4.17. The maximum Gasteiger partial charge on any atom is 0.455 e. The molecule has 2 aliphatic heterocycles. The summed E-state index contributed by atoms with van der Waals surface area (Å²) < 4.78 is 71.4. The Morgan fingerprint density at radius 2 is 2.04 bits per heavy atom. The van der Waals surface area contributed by atoms with E-state index < -0.39 is 30.6 Å². The number of morpholine rings is 1. The highest BCUT2D eigenvalue weighted by atomic mass is 19.4. The van der Waals surface area contributed by atoms with Gasteiger partial charge in [0.2, 0.25) is 0 Å². The van der Waals surface area contributed by atoms with Gasteiger partial charge in [-0.25, -0.2) is 4.68 Å². The standard InChI is InChI=1S/C13H15F5N4O2/c1-7-6-24-3-2-21(7)10-4-8-11(23)19-5-9(22(8)20-10)12(14,15)13(16,17)18/h4,7,9H,2-3,5-6H2,1H3,(H,19,23)/t7-,9+/m1/s1. The van der Waals surface area contributed by atoms with Crippen LogP contribution < -0.4 is 10.2 Å². The molecule has 6 nitrogen and oxygen atoms in total. The molecule has 0 unspecified atom stereocenters. The van der Waals surface area contributed by atoms with Crippen molar-refractivity contribution in [1.29, 1.82) is 0 Å². The number of hydrogen-bond donors (Lipinski definition) is 1. The van der Waals surface area contributed by atoms with E-state index in [0.717, 1.165) is 0 Å². The molecule has 0 spiro atoms. The number of carbonyl (C=O) groups excluding carboxylic acids is 1. The van der Waals surface area contributed by atoms with E-state index >= 15 is 0 Å². The van der Waals surface area contributed by atoms with E-state index in [1.165, 1.54) is 6.07 Å². The number of alkyl halides is 5. The van der Waals surface area contributed by atoms with Gasteiger partial charge >= 0.3 is 12.1 Å². The van der Waals surface area contributed by atoms with Gasteiger partial charge in [0.1, 0.15) is 11.7 Å². The highest BCUT2D eigenvalue weighted by molar-refractivity contribution is 5.94. The topological polar surface area (TPSA) is 59.4 Å². The number of fused-ring (bicyclic) bond motifs is 1. The van der Waals surface area contributed by atoms with Crippen LogP contribution in [-0.2, 0) is 4.74 Å². The number of rotatable bonds is 2. The highest BCUT2D eigenvalue weighted by Crippen LogP contribution is 2.44. The molecule has 1 saturated heterocycles. The zero-order valence-electron chi connectivity index (χ0n) is 12.6. The maximum absolute atomic E-state index is 13.8. The number of hydrogen-bond acceptors (Lipinski definition) is 4. The van der Waals surface area contributed by atoms with Crippen molar-refractivity contribution in [3.8, 4) is 0 Å². The zero-order valence-corrected chi connectivity index (χ0v) is 12.6. The minimum atomic E-state index is -5.74. The molecule has 24 heavy (non-hydrogen) atoms. The molecule has 3 rings (SSSR count). The van der Waals surface area contributed by atoms with Gasteiger partial charge in [0.25, 0.3) is 5.91 Å². The summed E-state index contributed by atoms with van der Waals surface area (Å²) >= 11 is 0. The first kappa shape index (κ1) is 16.9. The Balaban J connectivity index is 2.00. The molecule has 2 atom stereocenters. The first-order valence-electron chi connectivity index (χ1n) is 7.29. The first-order chi connectivity index (χ1) is 11.1. The summed E-state index contributed by atoms with van der Waals surface area (Å²) in [5.41, 5.74) is -0.316. The average molecular weight is 354 g/mol. The third kappa shape index (κ3) is 2.60. The fourth-order valence-electron chi connectivity index (χ4n) is 2.83. The first-order valence-corrected chi connectivity index (χ1v) is 7.29. The van der Waals surface area contributed by atoms with Gasteiger partial charge in [-0.3, -0.25) is 4.79 Å². The number of carbonyl (C=O) groups is 1. The van der Waals surface area contributed by atoms with E-state index in [9.17, 15) is 26.7 Å². The Labute approximate surface area is 133 Å². The van der Waals surface area contributed by atoms with Gasteiger partial charge in [-0.2, -0.15) is 27.1 Å². The van der Waals surface area contributed by atoms with Crippen LogP contribution in [0, 0.1) is 0 Å². The van der Waals surface area contributed by atoms with Crippen LogP contribution in [-0.4, -0.2) is 60.1 Å². The second-order valence-electron chi connectivity index (χ2n) is 5.80. The molecule has 0 saturated carbocycles. The lowest BCUT2D eigenvalue weighted by molar-refractivity contribution is -0.299. The Morgan fingerprint density at radius 1 is 1.33 bits per heavy atom. The molecular weight excluding hydrogens is 339 g/mol. The van der Waals surface area contributed by atoms with Gasteiger partial charge in [0.05, 0.1) is 19.3 Å². The van der Waals surface area contributed by atoms with Crippen LogP contribution in [0.15, 0.2) is 6.07 Å². The molecule has 0 aromatic carbocycles. The van der Waals surface area contributed by atoms with Crippen molar-refractivity contribution in [3.63, 3.8) is 0 Å². The van der Waals surface area contributed by atoms with Crippen LogP contribution >= 0.6 is 0 Å². The molecule has 3 heterocycles. The lowest BCUT2D eigenvalue weighted by Crippen LogP contribution is -2.53. The van der Waals surface area contributed by atoms with Gasteiger partial charge in [-0.15, -0.1) is 0 Å². The minimum Gasteiger partial charge on any atom is -0.377 e. The Hall–Kier alpha value is -1.91. The molecule has 1 aromatic rings. The highest BCUT2D eigenvalue weighted by Gasteiger charge is 2.64. The number of aromatic nitrogens is 2. The van der Waals surface area contributed by atoms with Gasteiger partial charge in [-0.1, -0.05) is 0 Å². The zero-order chi connectivity index (χ0) is 17.7. The molecule has 2 aliphatic rings. The number of anilines is 1. The Bertz CT molecular complexity index is 645. The maximum atomic E-state index is 13.8. The van der Waals surface area contributed by atoms with Crippen molar-refractivity contribution in [2.75, 3.05) is 31.2 Å². The van der Waals surface area contributed by atoms with E-state index in [1.54, 1.807) is 11.8 Å². The lowest BCUT2D eigenvalue weighted by Gasteiger charge is -2.34. The molecule has 1 fully saturated rings. The van der Waals surface area contributed by atoms with Crippen LogP contribution in [0.1, 0.15) is 23.5 Å². The molecule has 1 amide bonds. The van der Waals surface area contributed by atoms with Gasteiger partial charge in [0.15, 0.2) is 5.82 Å². The Morgan fingerprint density at radius 3 is 2.67 bits per heavy atom. The third-order valence-corrected chi connectivity index (χ3v) is 4.17. The summed E-state index contributed by atoms with van der Waals surface area (Å²) in [5.74, 6) is -5.57. The number of ether oxygens (including phenoxy) is 1. The summed E-state index contributed by atoms with van der Waals surface area (Å²) in [6, 6.07) is -1.23. The summed E-state index contributed by atoms with van der Waals surface area (Å²) in [6.07, 6.45) is -5.74. The minimum absolute atomic E-state index is 0.139. The SMILES string of the molecule is C[C@@H]1COCCN1c1cc2n(n1)[C@H](C(F)(F)C(F)(F)F)CNC2=O. The van der Waals surface area contributed by atoms with Crippen LogP contribution in [0.25, 0.3) is 0 Å². The van der Waals surface area contributed by atoms with Crippen LogP contribution in [0.4, 0.5) is 27.8 Å². The van der Waals surface area contributed by atoms with E-state index in [4.69, 9.17) is 4.74 Å². The van der Waals surface area contributed by atoms with E-state index in [-0.39, 0.29) is 17.6 Å². The molecule has 11 heteroatoms. The van der Waals surface area contributed by atoms with Gasteiger partial charge < -0.3 is 15.0 Å². The van der Waals surface area contributed by atoms with Crippen LogP contribution in [0.3, 0.4) is 0 Å². The number of amides is 1. The average Bonchev–Trinajstić information content (AvgIpc) is 2.92.